The summed E-state index contributed by atoms with van der Waals surface area (Å²) in [7, 11) is -2.97. The van der Waals surface area contributed by atoms with Gasteiger partial charge in [0.05, 0.1) is 0 Å². The molecule has 0 spiro atoms. The van der Waals surface area contributed by atoms with Crippen LogP contribution >= 0.6 is 0 Å². The molecule has 0 saturated carbocycles. The van der Waals surface area contributed by atoms with E-state index in [1.807, 2.05) is 0 Å². The van der Waals surface area contributed by atoms with Crippen LogP contribution in [0.25, 0.3) is 0 Å². The first-order chi connectivity index (χ1) is 4.17. The van der Waals surface area contributed by atoms with E-state index < -0.39 is 10.1 Å². The highest BCUT2D eigenvalue weighted by molar-refractivity contribution is 7.99. The lowest BCUT2D eigenvalue weighted by Crippen LogP contribution is -1.86. The number of rotatable bonds is 3. The summed E-state index contributed by atoms with van der Waals surface area (Å²) in [4.78, 5) is 0. The second kappa shape index (κ2) is 2.26. The minimum absolute atomic E-state index is 0.0301. The van der Waals surface area contributed by atoms with Gasteiger partial charge in [0.15, 0.2) is 5.05 Å². The molecule has 1 aliphatic rings. The van der Waals surface area contributed by atoms with Crippen LogP contribution < -0.4 is 0 Å². The molecule has 54 valence electrons. The van der Waals surface area contributed by atoms with Crippen LogP contribution in [0.15, 0.2) is 0 Å². The molecule has 0 fully saturated rings. The molecule has 0 aromatic heterocycles. The summed E-state index contributed by atoms with van der Waals surface area (Å²) in [6, 6.07) is 0. The lowest BCUT2D eigenvalue weighted by Gasteiger charge is -1.81. The third-order valence-corrected chi connectivity index (χ3v) is 2.14. The summed E-state index contributed by atoms with van der Waals surface area (Å²) in [5.74, 6) is 0. The van der Waals surface area contributed by atoms with E-state index in [2.05, 4.69) is 4.18 Å². The van der Waals surface area contributed by atoms with Crippen LogP contribution in [-0.4, -0.2) is 25.5 Å². The van der Waals surface area contributed by atoms with Gasteiger partial charge >= 0.3 is 0 Å². The Labute approximate surface area is 53.5 Å². The molecule has 0 amide bonds. The van der Waals surface area contributed by atoms with Gasteiger partial charge in [0.2, 0.25) is 10.1 Å². The fourth-order valence-corrected chi connectivity index (χ4v) is 1.38. The molecule has 0 radical (unpaired) electrons. The van der Waals surface area contributed by atoms with Crippen molar-refractivity contribution >= 4 is 15.1 Å². The van der Waals surface area contributed by atoms with E-state index in [-0.39, 0.29) is 11.7 Å². The van der Waals surface area contributed by atoms with Crippen molar-refractivity contribution in [3.05, 3.63) is 0 Å². The van der Waals surface area contributed by atoms with Gasteiger partial charge in [-0.2, -0.15) is 0 Å². The predicted molar refractivity (Wildman–Crippen MR) is 33.2 cm³/mol. The standard InChI is InChI=1S/C4H8O4S/c5-3-1-2-4-8-9(4,6)7/h5H,1-3H2,(H,6,7). The first-order valence-electron chi connectivity index (χ1n) is 2.59. The average molecular weight is 152 g/mol. The Morgan fingerprint density at radius 1 is 1.67 bits per heavy atom. The zero-order valence-corrected chi connectivity index (χ0v) is 5.56. The Hall–Kier alpha value is -0.100. The van der Waals surface area contributed by atoms with Crippen LogP contribution in [0.4, 0.5) is 0 Å². The Kier molecular flexibility index (Phi) is 1.76. The first-order valence-corrected chi connectivity index (χ1v) is 4.03. The summed E-state index contributed by atoms with van der Waals surface area (Å²) >= 11 is 0. The molecule has 5 heteroatoms. The summed E-state index contributed by atoms with van der Waals surface area (Å²) in [6.45, 7) is 0.0301. The Morgan fingerprint density at radius 2 is 2.22 bits per heavy atom. The summed E-state index contributed by atoms with van der Waals surface area (Å²) in [5, 5.41) is 8.49. The van der Waals surface area contributed by atoms with Crippen LogP contribution in [0.3, 0.4) is 0 Å². The van der Waals surface area contributed by atoms with Gasteiger partial charge in [-0.1, -0.05) is 0 Å². The van der Waals surface area contributed by atoms with E-state index in [1.165, 1.54) is 0 Å². The second-order valence-corrected chi connectivity index (χ2v) is 3.33. The van der Waals surface area contributed by atoms with Gasteiger partial charge in [-0.25, -0.2) is 8.39 Å². The van der Waals surface area contributed by atoms with E-state index in [0.29, 0.717) is 12.8 Å². The summed E-state index contributed by atoms with van der Waals surface area (Å²) < 4.78 is 23.2. The lowest BCUT2D eigenvalue weighted by molar-refractivity contribution is 0.290. The molecule has 0 bridgehead atoms. The van der Waals surface area contributed by atoms with Crippen LogP contribution in [0.1, 0.15) is 12.8 Å². The van der Waals surface area contributed by atoms with Crippen molar-refractivity contribution in [1.82, 2.24) is 0 Å². The number of aliphatic hydroxyl groups excluding tert-OH is 1. The number of aliphatic hydroxyl groups is 1. The molecule has 1 aliphatic heterocycles. The molecule has 2 N–H and O–H groups in total. The molecule has 1 heterocycles. The van der Waals surface area contributed by atoms with Crippen molar-refractivity contribution in [2.45, 2.75) is 12.8 Å². The van der Waals surface area contributed by atoms with Gasteiger partial charge in [-0.15, -0.1) is 0 Å². The van der Waals surface area contributed by atoms with Gasteiger partial charge in [-0.3, -0.25) is 4.55 Å². The van der Waals surface area contributed by atoms with Crippen molar-refractivity contribution in [2.75, 3.05) is 6.61 Å². The normalized spacial score (nSPS) is 32.9. The molecule has 0 saturated heterocycles. The van der Waals surface area contributed by atoms with Gasteiger partial charge < -0.3 is 5.11 Å². The molecular weight excluding hydrogens is 144 g/mol. The monoisotopic (exact) mass is 152 g/mol. The zero-order chi connectivity index (χ0) is 6.91. The van der Waals surface area contributed by atoms with E-state index in [4.69, 9.17) is 9.66 Å². The highest BCUT2D eigenvalue weighted by atomic mass is 32.3. The fraction of sp³-hybridized carbons (Fsp3) is 0.750. The molecular formula is C4H8O4S. The first kappa shape index (κ1) is 7.01. The van der Waals surface area contributed by atoms with Gasteiger partial charge in [-0.05, 0) is 6.42 Å². The summed E-state index contributed by atoms with van der Waals surface area (Å²) in [6.07, 6.45) is 0.888. The molecule has 1 rings (SSSR count). The van der Waals surface area contributed by atoms with E-state index in [0.717, 1.165) is 0 Å². The highest BCUT2D eigenvalue weighted by Gasteiger charge is 2.29. The SMILES string of the molecule is O=S1(O)=C(CCCO)O1. The quantitative estimate of drug-likeness (QED) is 0.539. The largest absolute Gasteiger partial charge is 0.396 e. The van der Waals surface area contributed by atoms with Crippen molar-refractivity contribution in [3.8, 4) is 0 Å². The maximum absolute atomic E-state index is 10.4. The van der Waals surface area contributed by atoms with Gasteiger partial charge in [0, 0.05) is 13.0 Å². The Balaban J connectivity index is 2.34. The molecule has 0 aromatic rings. The third-order valence-electron chi connectivity index (χ3n) is 1.01. The minimum atomic E-state index is -2.97. The van der Waals surface area contributed by atoms with Crippen LogP contribution in [-0.2, 0) is 14.3 Å². The molecule has 0 aromatic carbocycles. The van der Waals surface area contributed by atoms with Crippen LogP contribution in [0.5, 0.6) is 0 Å². The Bertz CT molecular complexity index is 213. The summed E-state index contributed by atoms with van der Waals surface area (Å²) in [5.41, 5.74) is 0. The number of hydrogen-bond acceptors (Lipinski definition) is 3. The van der Waals surface area contributed by atoms with E-state index in [9.17, 15) is 4.21 Å². The topological polar surface area (TPSA) is 70.1 Å². The van der Waals surface area contributed by atoms with Crippen molar-refractivity contribution in [2.24, 2.45) is 0 Å². The fourth-order valence-electron chi connectivity index (χ4n) is 0.503. The maximum Gasteiger partial charge on any atom is 0.234 e. The molecule has 0 aliphatic carbocycles. The Morgan fingerprint density at radius 3 is 2.56 bits per heavy atom. The highest BCUT2D eigenvalue weighted by Crippen LogP contribution is 2.15. The molecule has 4 nitrogen and oxygen atoms in total. The van der Waals surface area contributed by atoms with Crippen LogP contribution in [0.2, 0.25) is 0 Å². The van der Waals surface area contributed by atoms with Crippen molar-refractivity contribution in [3.63, 3.8) is 0 Å². The average Bonchev–Trinajstić information content (AvgIpc) is 2.35. The zero-order valence-electron chi connectivity index (χ0n) is 4.74. The third kappa shape index (κ3) is 1.65. The van der Waals surface area contributed by atoms with E-state index in [1.54, 1.807) is 0 Å². The number of hydrogen-bond donors (Lipinski definition) is 2. The molecule has 9 heavy (non-hydrogen) atoms. The predicted octanol–water partition coefficient (Wildman–Crippen LogP) is -0.409. The van der Waals surface area contributed by atoms with Gasteiger partial charge in [0.25, 0.3) is 0 Å². The smallest absolute Gasteiger partial charge is 0.234 e. The van der Waals surface area contributed by atoms with Gasteiger partial charge in [0.1, 0.15) is 0 Å². The maximum atomic E-state index is 10.4. The lowest BCUT2D eigenvalue weighted by atomic mass is 10.3. The second-order valence-electron chi connectivity index (χ2n) is 1.76. The van der Waals surface area contributed by atoms with E-state index >= 15 is 0 Å². The van der Waals surface area contributed by atoms with Crippen molar-refractivity contribution < 1.29 is 18.1 Å². The van der Waals surface area contributed by atoms with Crippen LogP contribution in [0, 0.1) is 0 Å². The minimum Gasteiger partial charge on any atom is -0.396 e. The molecule has 1 unspecified atom stereocenters. The molecule has 1 atom stereocenters. The van der Waals surface area contributed by atoms with Crippen molar-refractivity contribution in [1.29, 1.82) is 0 Å².